The first-order valence-corrected chi connectivity index (χ1v) is 12.8. The molecule has 0 atom stereocenters. The molecule has 0 N–H and O–H groups in total. The van der Waals surface area contributed by atoms with Gasteiger partial charge in [0.25, 0.3) is 0 Å². The van der Waals surface area contributed by atoms with Crippen LogP contribution in [0.15, 0.2) is 61.2 Å². The minimum absolute atomic E-state index is 0.0218. The molecule has 0 aromatic heterocycles. The smallest absolute Gasteiger partial charge is 0.204 e. The predicted octanol–water partition coefficient (Wildman–Crippen LogP) is 9.13. The van der Waals surface area contributed by atoms with Gasteiger partial charge in [0.1, 0.15) is 6.61 Å². The quantitative estimate of drug-likeness (QED) is 0.153. The third-order valence-corrected chi connectivity index (χ3v) is 7.05. The second kappa shape index (κ2) is 12.3. The average Bonchev–Trinajstić information content (AvgIpc) is 2.91. The number of ether oxygens (including phenoxy) is 2. The summed E-state index contributed by atoms with van der Waals surface area (Å²) in [5.41, 5.74) is 1.84. The van der Waals surface area contributed by atoms with Gasteiger partial charge in [-0.2, -0.15) is 8.78 Å². The van der Waals surface area contributed by atoms with Crippen LogP contribution in [0.5, 0.6) is 11.5 Å². The third-order valence-electron chi connectivity index (χ3n) is 7.05. The molecule has 0 heterocycles. The Morgan fingerprint density at radius 3 is 2.08 bits per heavy atom. The van der Waals surface area contributed by atoms with E-state index in [4.69, 9.17) is 9.47 Å². The first-order chi connectivity index (χ1) is 17.9. The highest BCUT2D eigenvalue weighted by Gasteiger charge is 2.25. The summed E-state index contributed by atoms with van der Waals surface area (Å²) in [4.78, 5) is 0. The topological polar surface area (TPSA) is 18.5 Å². The molecule has 0 unspecified atom stereocenters. The lowest BCUT2D eigenvalue weighted by atomic mass is 9.79. The highest BCUT2D eigenvalue weighted by atomic mass is 19.2. The summed E-state index contributed by atoms with van der Waals surface area (Å²) in [6.45, 7) is 6.03. The van der Waals surface area contributed by atoms with Crippen molar-refractivity contribution in [3.05, 3.63) is 95.6 Å². The van der Waals surface area contributed by atoms with Gasteiger partial charge in [-0.1, -0.05) is 62.2 Å². The highest BCUT2D eigenvalue weighted by molar-refractivity contribution is 5.65. The Morgan fingerprint density at radius 1 is 0.784 bits per heavy atom. The van der Waals surface area contributed by atoms with Crippen LogP contribution in [0.2, 0.25) is 0 Å². The van der Waals surface area contributed by atoms with Crippen molar-refractivity contribution in [3.8, 4) is 22.6 Å². The second-order valence-corrected chi connectivity index (χ2v) is 9.74. The maximum Gasteiger partial charge on any atom is 0.204 e. The maximum absolute atomic E-state index is 15.0. The SMILES string of the molecule is C=CCCCOc1ccc(OCc2ccc(-c3ccc(C4CCC(C)CC4)c(F)c3F)cc2)c(F)c1F. The molecule has 0 spiro atoms. The molecular weight excluding hydrogens is 480 g/mol. The van der Waals surface area contributed by atoms with Gasteiger partial charge in [-0.15, -0.1) is 6.58 Å². The molecule has 196 valence electrons. The molecule has 0 bridgehead atoms. The molecule has 4 rings (SSSR count). The molecule has 0 aliphatic heterocycles. The van der Waals surface area contributed by atoms with Crippen molar-refractivity contribution in [3.63, 3.8) is 0 Å². The Hall–Kier alpha value is -3.28. The zero-order chi connectivity index (χ0) is 26.4. The van der Waals surface area contributed by atoms with Gasteiger partial charge in [0.15, 0.2) is 23.1 Å². The van der Waals surface area contributed by atoms with Gasteiger partial charge in [0.2, 0.25) is 11.6 Å². The van der Waals surface area contributed by atoms with E-state index in [2.05, 4.69) is 13.5 Å². The van der Waals surface area contributed by atoms with Crippen LogP contribution >= 0.6 is 0 Å². The highest BCUT2D eigenvalue weighted by Crippen LogP contribution is 2.38. The van der Waals surface area contributed by atoms with E-state index >= 15 is 0 Å². The van der Waals surface area contributed by atoms with Crippen LogP contribution in [-0.4, -0.2) is 6.61 Å². The molecule has 1 fully saturated rings. The molecule has 37 heavy (non-hydrogen) atoms. The molecule has 2 nitrogen and oxygen atoms in total. The molecule has 1 aliphatic carbocycles. The van der Waals surface area contributed by atoms with Gasteiger partial charge in [-0.25, -0.2) is 8.78 Å². The van der Waals surface area contributed by atoms with E-state index in [0.29, 0.717) is 29.0 Å². The minimum Gasteiger partial charge on any atom is -0.490 e. The Morgan fingerprint density at radius 2 is 1.43 bits per heavy atom. The van der Waals surface area contributed by atoms with Crippen LogP contribution in [-0.2, 0) is 6.61 Å². The second-order valence-electron chi connectivity index (χ2n) is 9.74. The van der Waals surface area contributed by atoms with Crippen LogP contribution in [0.3, 0.4) is 0 Å². The summed E-state index contributed by atoms with van der Waals surface area (Å²) >= 11 is 0. The third kappa shape index (κ3) is 6.35. The molecule has 3 aromatic carbocycles. The van der Waals surface area contributed by atoms with Crippen molar-refractivity contribution < 1.29 is 27.0 Å². The van der Waals surface area contributed by atoms with Crippen molar-refractivity contribution in [2.75, 3.05) is 6.61 Å². The first-order valence-electron chi connectivity index (χ1n) is 12.8. The lowest BCUT2D eigenvalue weighted by Gasteiger charge is -2.27. The zero-order valence-electron chi connectivity index (χ0n) is 21.0. The lowest BCUT2D eigenvalue weighted by molar-refractivity contribution is 0.268. The van der Waals surface area contributed by atoms with Gasteiger partial charge in [0, 0.05) is 5.56 Å². The Balaban J connectivity index is 1.40. The van der Waals surface area contributed by atoms with Crippen LogP contribution < -0.4 is 9.47 Å². The van der Waals surface area contributed by atoms with E-state index in [1.807, 2.05) is 0 Å². The molecule has 0 saturated heterocycles. The van der Waals surface area contributed by atoms with Crippen LogP contribution in [0, 0.1) is 29.2 Å². The monoisotopic (exact) mass is 512 g/mol. The van der Waals surface area contributed by atoms with Gasteiger partial charge in [0.05, 0.1) is 6.61 Å². The fourth-order valence-electron chi connectivity index (χ4n) is 4.76. The molecule has 1 saturated carbocycles. The van der Waals surface area contributed by atoms with E-state index in [-0.39, 0.29) is 36.2 Å². The zero-order valence-corrected chi connectivity index (χ0v) is 21.0. The number of unbranched alkanes of at least 4 members (excludes halogenated alkanes) is 1. The van der Waals surface area contributed by atoms with Gasteiger partial charge in [-0.05, 0) is 66.3 Å². The summed E-state index contributed by atoms with van der Waals surface area (Å²) in [6.07, 6.45) is 6.91. The van der Waals surface area contributed by atoms with Crippen LogP contribution in [0.1, 0.15) is 62.5 Å². The molecule has 1 aliphatic rings. The predicted molar refractivity (Wildman–Crippen MR) is 138 cm³/mol. The maximum atomic E-state index is 15.0. The molecule has 0 amide bonds. The summed E-state index contributed by atoms with van der Waals surface area (Å²) in [5.74, 6) is -3.55. The van der Waals surface area contributed by atoms with E-state index in [1.165, 1.54) is 12.1 Å². The number of halogens is 4. The largest absolute Gasteiger partial charge is 0.490 e. The summed E-state index contributed by atoms with van der Waals surface area (Å²) in [6, 6.07) is 12.7. The first kappa shape index (κ1) is 26.8. The van der Waals surface area contributed by atoms with Crippen molar-refractivity contribution in [1.82, 2.24) is 0 Å². The van der Waals surface area contributed by atoms with E-state index in [1.54, 1.807) is 42.5 Å². The van der Waals surface area contributed by atoms with E-state index in [9.17, 15) is 17.6 Å². The van der Waals surface area contributed by atoms with E-state index < -0.39 is 23.3 Å². The van der Waals surface area contributed by atoms with Gasteiger partial charge < -0.3 is 9.47 Å². The van der Waals surface area contributed by atoms with Crippen LogP contribution in [0.25, 0.3) is 11.1 Å². The number of allylic oxidation sites excluding steroid dienone is 1. The number of hydrogen-bond acceptors (Lipinski definition) is 2. The molecule has 0 radical (unpaired) electrons. The van der Waals surface area contributed by atoms with Crippen molar-refractivity contribution in [2.45, 2.75) is 58.0 Å². The van der Waals surface area contributed by atoms with Gasteiger partial charge in [-0.3, -0.25) is 0 Å². The number of hydrogen-bond donors (Lipinski definition) is 0. The average molecular weight is 513 g/mol. The summed E-state index contributed by atoms with van der Waals surface area (Å²) in [5, 5.41) is 0. The van der Waals surface area contributed by atoms with Crippen molar-refractivity contribution in [2.24, 2.45) is 5.92 Å². The Kier molecular flexibility index (Phi) is 8.91. The van der Waals surface area contributed by atoms with Crippen LogP contribution in [0.4, 0.5) is 17.6 Å². The van der Waals surface area contributed by atoms with Crippen molar-refractivity contribution in [1.29, 1.82) is 0 Å². The summed E-state index contributed by atoms with van der Waals surface area (Å²) in [7, 11) is 0. The standard InChI is InChI=1S/C31H32F4O2/c1-3-4-5-18-36-26-16-17-27(31(35)30(26)34)37-19-21-8-12-23(13-9-21)25-15-14-24(28(32)29(25)33)22-10-6-20(2)7-11-22/h3,8-9,12-17,20,22H,1,4-7,10-11,18-19H2,2H3. The van der Waals surface area contributed by atoms with Gasteiger partial charge >= 0.3 is 0 Å². The number of rotatable bonds is 10. The molecule has 3 aromatic rings. The fourth-order valence-corrected chi connectivity index (χ4v) is 4.76. The fraction of sp³-hybridized carbons (Fsp3) is 0.355. The normalized spacial score (nSPS) is 17.4. The number of benzene rings is 3. The Bertz CT molecular complexity index is 1210. The summed E-state index contributed by atoms with van der Waals surface area (Å²) < 4.78 is 69.4. The Labute approximate surface area is 215 Å². The molecule has 6 heteroatoms. The lowest BCUT2D eigenvalue weighted by Crippen LogP contribution is -2.13. The van der Waals surface area contributed by atoms with E-state index in [0.717, 1.165) is 32.1 Å². The molecular formula is C31H32F4O2. The minimum atomic E-state index is -1.12. The van der Waals surface area contributed by atoms with Crippen molar-refractivity contribution >= 4 is 0 Å².